The monoisotopic (exact) mass is 373 g/mol. The van der Waals surface area contributed by atoms with Gasteiger partial charge in [0.1, 0.15) is 5.65 Å². The molecule has 0 unspecified atom stereocenters. The molecule has 4 rings (SSSR count). The second-order valence-electron chi connectivity index (χ2n) is 6.16. The van der Waals surface area contributed by atoms with Crippen LogP contribution in [0.5, 0.6) is 11.5 Å². The second-order valence-corrected chi connectivity index (χ2v) is 6.16. The molecule has 0 atom stereocenters. The molecule has 0 bridgehead atoms. The van der Waals surface area contributed by atoms with Crippen molar-refractivity contribution in [2.24, 2.45) is 0 Å². The van der Waals surface area contributed by atoms with Crippen molar-refractivity contribution in [3.63, 3.8) is 0 Å². The molecular formula is C22H19N3O3. The highest BCUT2D eigenvalue weighted by Crippen LogP contribution is 2.30. The maximum Gasteiger partial charge on any atom is 0.255 e. The molecule has 0 aliphatic rings. The van der Waals surface area contributed by atoms with Crippen LogP contribution in [0, 0.1) is 0 Å². The van der Waals surface area contributed by atoms with Crippen LogP contribution < -0.4 is 14.8 Å². The Balaban J connectivity index is 1.66. The predicted octanol–water partition coefficient (Wildman–Crippen LogP) is 4.27. The van der Waals surface area contributed by atoms with E-state index in [2.05, 4.69) is 10.3 Å². The molecule has 2 aromatic heterocycles. The summed E-state index contributed by atoms with van der Waals surface area (Å²) >= 11 is 0. The molecule has 0 aliphatic carbocycles. The number of benzene rings is 2. The third kappa shape index (κ3) is 3.27. The van der Waals surface area contributed by atoms with Crippen molar-refractivity contribution in [1.29, 1.82) is 0 Å². The van der Waals surface area contributed by atoms with Crippen molar-refractivity contribution >= 4 is 17.2 Å². The average Bonchev–Trinajstić information content (AvgIpc) is 3.17. The minimum Gasteiger partial charge on any atom is -0.493 e. The second kappa shape index (κ2) is 7.44. The number of anilines is 1. The molecule has 0 saturated carbocycles. The Morgan fingerprint density at radius 3 is 2.54 bits per heavy atom. The van der Waals surface area contributed by atoms with E-state index >= 15 is 0 Å². The number of methoxy groups -OCH3 is 2. The van der Waals surface area contributed by atoms with Gasteiger partial charge in [-0.15, -0.1) is 0 Å². The van der Waals surface area contributed by atoms with Crippen molar-refractivity contribution in [1.82, 2.24) is 9.38 Å². The van der Waals surface area contributed by atoms with Gasteiger partial charge in [0.25, 0.3) is 5.91 Å². The molecule has 28 heavy (non-hydrogen) atoms. The summed E-state index contributed by atoms with van der Waals surface area (Å²) in [5.41, 5.74) is 3.64. The Morgan fingerprint density at radius 2 is 1.75 bits per heavy atom. The van der Waals surface area contributed by atoms with E-state index in [-0.39, 0.29) is 5.91 Å². The van der Waals surface area contributed by atoms with Crippen LogP contribution in [0.4, 0.5) is 5.69 Å². The third-order valence-electron chi connectivity index (χ3n) is 4.46. The smallest absolute Gasteiger partial charge is 0.255 e. The normalized spacial score (nSPS) is 10.6. The molecule has 1 amide bonds. The first-order chi connectivity index (χ1) is 13.7. The molecule has 0 fully saturated rings. The number of aromatic nitrogens is 2. The average molecular weight is 373 g/mol. The van der Waals surface area contributed by atoms with E-state index in [1.807, 2.05) is 59.3 Å². The number of pyridine rings is 1. The summed E-state index contributed by atoms with van der Waals surface area (Å²) < 4.78 is 12.5. The number of nitrogens with zero attached hydrogens (tertiary/aromatic N) is 2. The fourth-order valence-electron chi connectivity index (χ4n) is 3.05. The minimum atomic E-state index is -0.239. The summed E-state index contributed by atoms with van der Waals surface area (Å²) in [6, 6.07) is 18.5. The number of amides is 1. The lowest BCUT2D eigenvalue weighted by molar-refractivity contribution is 0.102. The number of carbonyl (C=O) groups excluding carboxylic acids is 1. The number of fused-ring (bicyclic) bond motifs is 1. The van der Waals surface area contributed by atoms with Gasteiger partial charge < -0.3 is 19.2 Å². The Labute approximate surface area is 162 Å². The minimum absolute atomic E-state index is 0.239. The van der Waals surface area contributed by atoms with Crippen molar-refractivity contribution in [3.05, 3.63) is 78.6 Å². The van der Waals surface area contributed by atoms with Crippen molar-refractivity contribution in [3.8, 4) is 22.8 Å². The predicted molar refractivity (Wildman–Crippen MR) is 108 cm³/mol. The van der Waals surface area contributed by atoms with Crippen LogP contribution >= 0.6 is 0 Å². The third-order valence-corrected chi connectivity index (χ3v) is 4.46. The fraction of sp³-hybridized carbons (Fsp3) is 0.0909. The lowest BCUT2D eigenvalue weighted by Gasteiger charge is -2.12. The van der Waals surface area contributed by atoms with E-state index in [1.54, 1.807) is 25.3 Å². The first-order valence-corrected chi connectivity index (χ1v) is 8.76. The largest absolute Gasteiger partial charge is 0.493 e. The van der Waals surface area contributed by atoms with Crippen LogP contribution in [0.25, 0.3) is 16.9 Å². The maximum atomic E-state index is 12.8. The van der Waals surface area contributed by atoms with Gasteiger partial charge in [0.15, 0.2) is 11.5 Å². The number of rotatable bonds is 5. The van der Waals surface area contributed by atoms with Crippen molar-refractivity contribution in [2.75, 3.05) is 19.5 Å². The summed E-state index contributed by atoms with van der Waals surface area (Å²) in [5.74, 6) is 0.838. The highest BCUT2D eigenvalue weighted by atomic mass is 16.5. The van der Waals surface area contributed by atoms with Gasteiger partial charge in [0, 0.05) is 23.5 Å². The molecule has 0 radical (unpaired) electrons. The summed E-state index contributed by atoms with van der Waals surface area (Å²) in [6.07, 6.45) is 3.88. The molecule has 0 aliphatic heterocycles. The highest BCUT2D eigenvalue weighted by Gasteiger charge is 2.14. The molecule has 6 nitrogen and oxygen atoms in total. The molecular weight excluding hydrogens is 354 g/mol. The molecule has 2 heterocycles. The highest BCUT2D eigenvalue weighted by molar-refractivity contribution is 6.06. The van der Waals surface area contributed by atoms with Gasteiger partial charge in [-0.1, -0.05) is 24.3 Å². The van der Waals surface area contributed by atoms with Crippen LogP contribution in [0.3, 0.4) is 0 Å². The number of ether oxygens (including phenoxy) is 2. The van der Waals surface area contributed by atoms with E-state index in [1.165, 1.54) is 7.11 Å². The van der Waals surface area contributed by atoms with Crippen molar-refractivity contribution < 1.29 is 14.3 Å². The Hall–Kier alpha value is -3.80. The van der Waals surface area contributed by atoms with Gasteiger partial charge in [0.2, 0.25) is 0 Å². The first kappa shape index (κ1) is 17.6. The summed E-state index contributed by atoms with van der Waals surface area (Å²) in [5, 5.41) is 2.97. The van der Waals surface area contributed by atoms with Gasteiger partial charge >= 0.3 is 0 Å². The van der Waals surface area contributed by atoms with Crippen LogP contribution in [0.2, 0.25) is 0 Å². The zero-order valence-electron chi connectivity index (χ0n) is 15.5. The molecule has 0 spiro atoms. The van der Waals surface area contributed by atoms with Crippen LogP contribution in [-0.2, 0) is 0 Å². The van der Waals surface area contributed by atoms with Gasteiger partial charge in [-0.3, -0.25) is 4.79 Å². The Morgan fingerprint density at radius 1 is 0.964 bits per heavy atom. The number of imidazole rings is 1. The zero-order valence-corrected chi connectivity index (χ0v) is 15.5. The SMILES string of the molecule is COc1ccc(C(=O)Nc2ccccc2-c2cn3ccccc3n2)cc1OC. The van der Waals surface area contributed by atoms with Crippen LogP contribution in [0.15, 0.2) is 73.1 Å². The summed E-state index contributed by atoms with van der Waals surface area (Å²) in [6.45, 7) is 0. The van der Waals surface area contributed by atoms with E-state index in [4.69, 9.17) is 9.47 Å². The topological polar surface area (TPSA) is 64.9 Å². The maximum absolute atomic E-state index is 12.8. The Bertz CT molecular complexity index is 1120. The number of carbonyl (C=O) groups is 1. The molecule has 6 heteroatoms. The van der Waals surface area contributed by atoms with Crippen LogP contribution in [-0.4, -0.2) is 29.5 Å². The number of para-hydroxylation sites is 1. The number of nitrogens with one attached hydrogen (secondary N) is 1. The quantitative estimate of drug-likeness (QED) is 0.567. The fourth-order valence-corrected chi connectivity index (χ4v) is 3.05. The molecule has 1 N–H and O–H groups in total. The molecule has 0 saturated heterocycles. The molecule has 140 valence electrons. The zero-order chi connectivity index (χ0) is 19.5. The van der Waals surface area contributed by atoms with E-state index < -0.39 is 0 Å². The van der Waals surface area contributed by atoms with Gasteiger partial charge in [-0.2, -0.15) is 0 Å². The standard InChI is InChI=1S/C22H19N3O3/c1-27-19-11-10-15(13-20(19)28-2)22(26)24-17-8-4-3-7-16(17)18-14-25-12-6-5-9-21(25)23-18/h3-14H,1-2H3,(H,24,26). The summed E-state index contributed by atoms with van der Waals surface area (Å²) in [4.78, 5) is 17.5. The van der Waals surface area contributed by atoms with E-state index in [0.717, 1.165) is 16.9 Å². The van der Waals surface area contributed by atoms with Gasteiger partial charge in [-0.05, 0) is 36.4 Å². The van der Waals surface area contributed by atoms with Crippen molar-refractivity contribution in [2.45, 2.75) is 0 Å². The number of hydrogen-bond donors (Lipinski definition) is 1. The van der Waals surface area contributed by atoms with Gasteiger partial charge in [-0.25, -0.2) is 4.98 Å². The van der Waals surface area contributed by atoms with Crippen LogP contribution in [0.1, 0.15) is 10.4 Å². The number of hydrogen-bond acceptors (Lipinski definition) is 4. The lowest BCUT2D eigenvalue weighted by Crippen LogP contribution is -2.13. The first-order valence-electron chi connectivity index (χ1n) is 8.76. The van der Waals surface area contributed by atoms with Gasteiger partial charge in [0.05, 0.1) is 25.6 Å². The molecule has 4 aromatic rings. The van der Waals surface area contributed by atoms with E-state index in [9.17, 15) is 4.79 Å². The summed E-state index contributed by atoms with van der Waals surface area (Å²) in [7, 11) is 3.10. The molecule has 2 aromatic carbocycles. The van der Waals surface area contributed by atoms with E-state index in [0.29, 0.717) is 22.7 Å². The Kier molecular flexibility index (Phi) is 4.68. The lowest BCUT2D eigenvalue weighted by atomic mass is 10.1.